The van der Waals surface area contributed by atoms with Gasteiger partial charge in [-0.05, 0) is 23.8 Å². The second-order valence-corrected chi connectivity index (χ2v) is 8.10. The van der Waals surface area contributed by atoms with Crippen molar-refractivity contribution in [1.29, 1.82) is 0 Å². The highest BCUT2D eigenvalue weighted by Crippen LogP contribution is 2.29. The SMILES string of the molecule is Cn1cc(CC(=O)Nc2ccc(-c3cn4c(n3)SCC4)cc2)c2ccccc21. The molecule has 2 aromatic heterocycles. The Morgan fingerprint density at radius 1 is 1.14 bits per heavy atom. The van der Waals surface area contributed by atoms with Crippen molar-refractivity contribution in [2.45, 2.75) is 18.1 Å². The summed E-state index contributed by atoms with van der Waals surface area (Å²) >= 11 is 1.79. The lowest BCUT2D eigenvalue weighted by Crippen LogP contribution is -2.14. The third-order valence-electron chi connectivity index (χ3n) is 5.10. The molecular formula is C22H20N4OS. The van der Waals surface area contributed by atoms with Crippen LogP contribution in [-0.4, -0.2) is 25.8 Å². The molecule has 6 heteroatoms. The number of para-hydroxylation sites is 1. The fraction of sp³-hybridized carbons (Fsp3) is 0.182. The molecule has 0 atom stereocenters. The third-order valence-corrected chi connectivity index (χ3v) is 6.07. The minimum Gasteiger partial charge on any atom is -0.350 e. The average molecular weight is 388 g/mol. The number of amides is 1. The molecule has 2 aromatic carbocycles. The molecule has 5 rings (SSSR count). The van der Waals surface area contributed by atoms with Gasteiger partial charge in [0, 0.05) is 53.9 Å². The average Bonchev–Trinajstić information content (AvgIpc) is 3.37. The molecule has 0 aliphatic carbocycles. The van der Waals surface area contributed by atoms with Gasteiger partial charge in [0.1, 0.15) is 0 Å². The first kappa shape index (κ1) is 17.1. The predicted molar refractivity (Wildman–Crippen MR) is 114 cm³/mol. The standard InChI is InChI=1S/C22H20N4OS/c1-25-13-16(18-4-2-3-5-20(18)25)12-21(27)23-17-8-6-15(7-9-17)19-14-26-10-11-28-22(26)24-19/h2-9,13-14H,10-12H2,1H3,(H,23,27). The Bertz CT molecular complexity index is 1150. The minimum atomic E-state index is -0.0125. The first-order chi connectivity index (χ1) is 13.7. The lowest BCUT2D eigenvalue weighted by Gasteiger charge is -2.06. The zero-order valence-electron chi connectivity index (χ0n) is 15.6. The fourth-order valence-corrected chi connectivity index (χ4v) is 4.66. The van der Waals surface area contributed by atoms with Gasteiger partial charge in [-0.1, -0.05) is 42.1 Å². The maximum atomic E-state index is 12.5. The number of imidazole rings is 1. The molecule has 0 bridgehead atoms. The number of thioether (sulfide) groups is 1. The number of hydrogen-bond donors (Lipinski definition) is 1. The highest BCUT2D eigenvalue weighted by Gasteiger charge is 2.15. The van der Waals surface area contributed by atoms with Crippen LogP contribution in [-0.2, 0) is 24.8 Å². The number of aromatic nitrogens is 3. The molecule has 0 saturated carbocycles. The smallest absolute Gasteiger partial charge is 0.228 e. The summed E-state index contributed by atoms with van der Waals surface area (Å²) in [6.45, 7) is 1.02. The Kier molecular flexibility index (Phi) is 4.20. The Morgan fingerprint density at radius 2 is 1.96 bits per heavy atom. The minimum absolute atomic E-state index is 0.0125. The Labute approximate surface area is 167 Å². The van der Waals surface area contributed by atoms with Crippen LogP contribution in [0.4, 0.5) is 5.69 Å². The van der Waals surface area contributed by atoms with E-state index in [2.05, 4.69) is 37.8 Å². The van der Waals surface area contributed by atoms with Crippen molar-refractivity contribution in [3.8, 4) is 11.3 Å². The molecule has 1 N–H and O–H groups in total. The first-order valence-corrected chi connectivity index (χ1v) is 10.3. The van der Waals surface area contributed by atoms with E-state index >= 15 is 0 Å². The van der Waals surface area contributed by atoms with Crippen LogP contribution in [0.2, 0.25) is 0 Å². The van der Waals surface area contributed by atoms with Gasteiger partial charge in [0.15, 0.2) is 5.16 Å². The molecule has 0 saturated heterocycles. The summed E-state index contributed by atoms with van der Waals surface area (Å²) in [6.07, 6.45) is 4.49. The molecular weight excluding hydrogens is 368 g/mol. The number of benzene rings is 2. The number of aryl methyl sites for hydroxylation is 2. The van der Waals surface area contributed by atoms with Crippen molar-refractivity contribution in [3.63, 3.8) is 0 Å². The molecule has 5 nitrogen and oxygen atoms in total. The number of rotatable bonds is 4. The molecule has 0 fully saturated rings. The van der Waals surface area contributed by atoms with Crippen LogP contribution in [0.5, 0.6) is 0 Å². The van der Waals surface area contributed by atoms with Crippen molar-refractivity contribution in [3.05, 3.63) is 66.5 Å². The summed E-state index contributed by atoms with van der Waals surface area (Å²) in [4.78, 5) is 17.2. The van der Waals surface area contributed by atoms with Crippen LogP contribution in [0.25, 0.3) is 22.2 Å². The molecule has 1 aliphatic heterocycles. The van der Waals surface area contributed by atoms with Crippen LogP contribution in [0, 0.1) is 0 Å². The predicted octanol–water partition coefficient (Wildman–Crippen LogP) is 4.33. The summed E-state index contributed by atoms with van der Waals surface area (Å²) in [5.41, 5.74) is 5.03. The molecule has 1 amide bonds. The molecule has 0 spiro atoms. The maximum Gasteiger partial charge on any atom is 0.228 e. The number of fused-ring (bicyclic) bond motifs is 2. The van der Waals surface area contributed by atoms with E-state index in [0.717, 1.165) is 50.9 Å². The van der Waals surface area contributed by atoms with E-state index in [-0.39, 0.29) is 5.91 Å². The molecule has 140 valence electrons. The fourth-order valence-electron chi connectivity index (χ4n) is 3.72. The molecule has 28 heavy (non-hydrogen) atoms. The first-order valence-electron chi connectivity index (χ1n) is 9.30. The van der Waals surface area contributed by atoms with Crippen LogP contribution in [0.1, 0.15) is 5.56 Å². The summed E-state index contributed by atoms with van der Waals surface area (Å²) in [6, 6.07) is 16.1. The van der Waals surface area contributed by atoms with Crippen molar-refractivity contribution >= 4 is 34.3 Å². The van der Waals surface area contributed by atoms with Gasteiger partial charge < -0.3 is 14.5 Å². The van der Waals surface area contributed by atoms with E-state index in [4.69, 9.17) is 0 Å². The van der Waals surface area contributed by atoms with E-state index in [1.165, 1.54) is 0 Å². The van der Waals surface area contributed by atoms with Crippen LogP contribution in [0.15, 0.2) is 66.1 Å². The molecule has 4 aromatic rings. The molecule has 0 radical (unpaired) electrons. The van der Waals surface area contributed by atoms with Gasteiger partial charge in [0.25, 0.3) is 0 Å². The van der Waals surface area contributed by atoms with E-state index in [0.29, 0.717) is 6.42 Å². The number of carbonyl (C=O) groups is 1. The van der Waals surface area contributed by atoms with Gasteiger partial charge >= 0.3 is 0 Å². The van der Waals surface area contributed by atoms with Gasteiger partial charge in [0.05, 0.1) is 12.1 Å². The van der Waals surface area contributed by atoms with Crippen molar-refractivity contribution < 1.29 is 4.79 Å². The van der Waals surface area contributed by atoms with Gasteiger partial charge in [-0.15, -0.1) is 0 Å². The zero-order valence-corrected chi connectivity index (χ0v) is 16.4. The monoisotopic (exact) mass is 388 g/mol. The third kappa shape index (κ3) is 3.10. The van der Waals surface area contributed by atoms with Crippen LogP contribution < -0.4 is 5.32 Å². The van der Waals surface area contributed by atoms with Crippen LogP contribution >= 0.6 is 11.8 Å². The highest BCUT2D eigenvalue weighted by atomic mass is 32.2. The van der Waals surface area contributed by atoms with E-state index < -0.39 is 0 Å². The topological polar surface area (TPSA) is 51.9 Å². The number of hydrogen-bond acceptors (Lipinski definition) is 3. The summed E-state index contributed by atoms with van der Waals surface area (Å²) in [5.74, 6) is 1.09. The van der Waals surface area contributed by atoms with Gasteiger partial charge in [-0.25, -0.2) is 4.98 Å². The summed E-state index contributed by atoms with van der Waals surface area (Å²) in [5, 5.41) is 5.22. The van der Waals surface area contributed by atoms with Gasteiger partial charge in [0.2, 0.25) is 5.91 Å². The summed E-state index contributed by atoms with van der Waals surface area (Å²) < 4.78 is 4.26. The van der Waals surface area contributed by atoms with Gasteiger partial charge in [-0.3, -0.25) is 4.79 Å². The van der Waals surface area contributed by atoms with E-state index in [9.17, 15) is 4.79 Å². The number of carbonyl (C=O) groups excluding carboxylic acids is 1. The number of nitrogens with zero attached hydrogens (tertiary/aromatic N) is 3. The van der Waals surface area contributed by atoms with Crippen molar-refractivity contribution in [2.75, 3.05) is 11.1 Å². The van der Waals surface area contributed by atoms with Crippen molar-refractivity contribution in [1.82, 2.24) is 14.1 Å². The zero-order chi connectivity index (χ0) is 19.1. The quantitative estimate of drug-likeness (QED) is 0.566. The highest BCUT2D eigenvalue weighted by molar-refractivity contribution is 7.99. The number of nitrogens with one attached hydrogen (secondary N) is 1. The lowest BCUT2D eigenvalue weighted by molar-refractivity contribution is -0.115. The number of anilines is 1. The Morgan fingerprint density at radius 3 is 2.79 bits per heavy atom. The maximum absolute atomic E-state index is 12.5. The Balaban J connectivity index is 1.29. The molecule has 0 unspecified atom stereocenters. The van der Waals surface area contributed by atoms with Crippen LogP contribution in [0.3, 0.4) is 0 Å². The largest absolute Gasteiger partial charge is 0.350 e. The van der Waals surface area contributed by atoms with E-state index in [1.54, 1.807) is 11.8 Å². The second kappa shape index (κ2) is 6.87. The second-order valence-electron chi connectivity index (χ2n) is 7.04. The normalized spacial score (nSPS) is 13.0. The molecule has 1 aliphatic rings. The molecule has 3 heterocycles. The lowest BCUT2D eigenvalue weighted by atomic mass is 10.1. The Hall–Kier alpha value is -2.99. The summed E-state index contributed by atoms with van der Waals surface area (Å²) in [7, 11) is 2.01. The van der Waals surface area contributed by atoms with E-state index in [1.807, 2.05) is 49.6 Å². The van der Waals surface area contributed by atoms with Crippen molar-refractivity contribution in [2.24, 2.45) is 7.05 Å². The van der Waals surface area contributed by atoms with Gasteiger partial charge in [-0.2, -0.15) is 0 Å².